The Morgan fingerprint density at radius 3 is 2.69 bits per heavy atom. The molecule has 0 saturated carbocycles. The molecule has 1 rings (SSSR count). The normalized spacial score (nSPS) is 18.3. The highest BCUT2D eigenvalue weighted by atomic mass is 32.2. The molecular formula is C8H16N2O5S. The van der Waals surface area contributed by atoms with Crippen molar-refractivity contribution < 1.29 is 23.1 Å². The van der Waals surface area contributed by atoms with Crippen molar-refractivity contribution in [1.29, 1.82) is 0 Å². The smallest absolute Gasteiger partial charge is 0.303 e. The van der Waals surface area contributed by atoms with E-state index in [1.54, 1.807) is 0 Å². The number of rotatable bonds is 7. The Morgan fingerprint density at radius 1 is 1.56 bits per heavy atom. The molecule has 0 aromatic rings. The first kappa shape index (κ1) is 13.4. The molecule has 7 nitrogen and oxygen atoms in total. The monoisotopic (exact) mass is 252 g/mol. The van der Waals surface area contributed by atoms with Crippen LogP contribution < -0.4 is 4.72 Å². The Hall–Kier alpha value is -0.700. The van der Waals surface area contributed by atoms with E-state index in [1.807, 2.05) is 0 Å². The van der Waals surface area contributed by atoms with E-state index in [4.69, 9.17) is 9.84 Å². The minimum atomic E-state index is -3.45. The summed E-state index contributed by atoms with van der Waals surface area (Å²) in [5.41, 5.74) is 0. The number of nitrogens with one attached hydrogen (secondary N) is 1. The third kappa shape index (κ3) is 3.71. The average molecular weight is 252 g/mol. The van der Waals surface area contributed by atoms with Gasteiger partial charge >= 0.3 is 5.97 Å². The van der Waals surface area contributed by atoms with Crippen molar-refractivity contribution in [2.24, 2.45) is 5.92 Å². The summed E-state index contributed by atoms with van der Waals surface area (Å²) in [5.74, 6) is -0.967. The number of hydrogen-bond acceptors (Lipinski definition) is 4. The lowest BCUT2D eigenvalue weighted by Crippen LogP contribution is -2.54. The number of carboxylic acids is 1. The summed E-state index contributed by atoms with van der Waals surface area (Å²) < 4.78 is 31.4. The average Bonchev–Trinajstić information content (AvgIpc) is 2.10. The van der Waals surface area contributed by atoms with Gasteiger partial charge < -0.3 is 9.84 Å². The summed E-state index contributed by atoms with van der Waals surface area (Å²) in [6.07, 6.45) is 0.0179. The van der Waals surface area contributed by atoms with E-state index in [-0.39, 0.29) is 32.0 Å². The first-order chi connectivity index (χ1) is 7.45. The molecular weight excluding hydrogens is 236 g/mol. The van der Waals surface area contributed by atoms with Crippen molar-refractivity contribution in [2.75, 3.05) is 33.4 Å². The van der Waals surface area contributed by atoms with Crippen molar-refractivity contribution in [3.63, 3.8) is 0 Å². The third-order valence-electron chi connectivity index (χ3n) is 2.32. The molecule has 94 valence electrons. The fraction of sp³-hybridized carbons (Fsp3) is 0.875. The van der Waals surface area contributed by atoms with Gasteiger partial charge in [0.05, 0.1) is 13.0 Å². The summed E-state index contributed by atoms with van der Waals surface area (Å²) >= 11 is 0. The minimum absolute atomic E-state index is 0.0179. The van der Waals surface area contributed by atoms with Crippen molar-refractivity contribution in [3.05, 3.63) is 0 Å². The highest BCUT2D eigenvalue weighted by Gasteiger charge is 2.36. The van der Waals surface area contributed by atoms with Crippen LogP contribution >= 0.6 is 0 Å². The van der Waals surface area contributed by atoms with Gasteiger partial charge in [-0.1, -0.05) is 0 Å². The predicted molar refractivity (Wildman–Crippen MR) is 56.1 cm³/mol. The zero-order valence-electron chi connectivity index (χ0n) is 9.05. The van der Waals surface area contributed by atoms with E-state index in [0.717, 1.165) is 0 Å². The number of aliphatic carboxylic acids is 1. The predicted octanol–water partition coefficient (Wildman–Crippen LogP) is -1.13. The number of ether oxygens (including phenoxy) is 1. The largest absolute Gasteiger partial charge is 0.481 e. The molecule has 0 spiro atoms. The third-order valence-corrected chi connectivity index (χ3v) is 3.86. The molecule has 1 aliphatic heterocycles. The SMILES string of the molecule is COCCNS(=O)(=O)N1CC(CC(=O)O)C1. The van der Waals surface area contributed by atoms with Gasteiger partial charge in [-0.15, -0.1) is 0 Å². The Kier molecular flexibility index (Phi) is 4.66. The molecule has 0 radical (unpaired) electrons. The maximum absolute atomic E-state index is 11.5. The second-order valence-electron chi connectivity index (χ2n) is 3.67. The molecule has 8 heteroatoms. The van der Waals surface area contributed by atoms with Crippen LogP contribution in [-0.2, 0) is 19.7 Å². The van der Waals surface area contributed by atoms with Crippen LogP contribution in [0.25, 0.3) is 0 Å². The molecule has 0 bridgehead atoms. The topological polar surface area (TPSA) is 95.9 Å². The van der Waals surface area contributed by atoms with Crippen LogP contribution in [0.1, 0.15) is 6.42 Å². The van der Waals surface area contributed by atoms with Gasteiger partial charge in [0.1, 0.15) is 0 Å². The van der Waals surface area contributed by atoms with Crippen molar-refractivity contribution in [3.8, 4) is 0 Å². The highest BCUT2D eigenvalue weighted by molar-refractivity contribution is 7.87. The number of carbonyl (C=O) groups is 1. The molecule has 2 N–H and O–H groups in total. The first-order valence-electron chi connectivity index (χ1n) is 4.91. The van der Waals surface area contributed by atoms with E-state index in [0.29, 0.717) is 6.61 Å². The van der Waals surface area contributed by atoms with Crippen LogP contribution in [-0.4, -0.2) is 57.1 Å². The van der Waals surface area contributed by atoms with Crippen molar-refractivity contribution in [1.82, 2.24) is 9.03 Å². The lowest BCUT2D eigenvalue weighted by Gasteiger charge is -2.37. The Bertz CT molecular complexity index is 336. The Labute approximate surface area is 94.6 Å². The number of nitrogens with zero attached hydrogens (tertiary/aromatic N) is 1. The highest BCUT2D eigenvalue weighted by Crippen LogP contribution is 2.21. The molecule has 0 aromatic heterocycles. The summed E-state index contributed by atoms with van der Waals surface area (Å²) in [4.78, 5) is 10.4. The molecule has 1 aliphatic rings. The summed E-state index contributed by atoms with van der Waals surface area (Å²) in [7, 11) is -1.97. The van der Waals surface area contributed by atoms with Gasteiger partial charge in [-0.3, -0.25) is 4.79 Å². The molecule has 0 aromatic carbocycles. The van der Waals surface area contributed by atoms with Crippen LogP contribution in [0.3, 0.4) is 0 Å². The van der Waals surface area contributed by atoms with Crippen LogP contribution in [0.4, 0.5) is 0 Å². The zero-order chi connectivity index (χ0) is 12.2. The summed E-state index contributed by atoms with van der Waals surface area (Å²) in [6, 6.07) is 0. The second kappa shape index (κ2) is 5.58. The molecule has 1 fully saturated rings. The Morgan fingerprint density at radius 2 is 2.19 bits per heavy atom. The maximum Gasteiger partial charge on any atom is 0.303 e. The molecule has 16 heavy (non-hydrogen) atoms. The second-order valence-corrected chi connectivity index (χ2v) is 5.43. The lowest BCUT2D eigenvalue weighted by molar-refractivity contribution is -0.139. The summed E-state index contributed by atoms with van der Waals surface area (Å²) in [5, 5.41) is 8.51. The standard InChI is InChI=1S/C8H16N2O5S/c1-15-3-2-9-16(13,14)10-5-7(6-10)4-8(11)12/h7,9H,2-6H2,1H3,(H,11,12). The fourth-order valence-corrected chi connectivity index (χ4v) is 2.80. The van der Waals surface area contributed by atoms with Gasteiger partial charge in [0.2, 0.25) is 0 Å². The Balaban J connectivity index is 2.29. The molecule has 0 amide bonds. The fourth-order valence-electron chi connectivity index (χ4n) is 1.46. The number of methoxy groups -OCH3 is 1. The van der Waals surface area contributed by atoms with Gasteiger partial charge in [0.25, 0.3) is 10.2 Å². The number of carboxylic acid groups (broad SMARTS) is 1. The minimum Gasteiger partial charge on any atom is -0.481 e. The van der Waals surface area contributed by atoms with Crippen LogP contribution in [0, 0.1) is 5.92 Å². The molecule has 1 heterocycles. The molecule has 0 atom stereocenters. The zero-order valence-corrected chi connectivity index (χ0v) is 9.87. The maximum atomic E-state index is 11.5. The van der Waals surface area contributed by atoms with E-state index in [1.165, 1.54) is 11.4 Å². The first-order valence-corrected chi connectivity index (χ1v) is 6.35. The summed E-state index contributed by atoms with van der Waals surface area (Å²) in [6.45, 7) is 1.08. The van der Waals surface area contributed by atoms with Crippen LogP contribution in [0.15, 0.2) is 0 Å². The molecule has 0 unspecified atom stereocenters. The van der Waals surface area contributed by atoms with Gasteiger partial charge in [-0.05, 0) is 5.92 Å². The number of hydrogen-bond donors (Lipinski definition) is 2. The van der Waals surface area contributed by atoms with E-state index in [9.17, 15) is 13.2 Å². The van der Waals surface area contributed by atoms with Gasteiger partial charge in [0.15, 0.2) is 0 Å². The van der Waals surface area contributed by atoms with Crippen LogP contribution in [0.5, 0.6) is 0 Å². The van der Waals surface area contributed by atoms with Crippen molar-refractivity contribution >= 4 is 16.2 Å². The van der Waals surface area contributed by atoms with Crippen LogP contribution in [0.2, 0.25) is 0 Å². The molecule has 0 aliphatic carbocycles. The molecule has 1 saturated heterocycles. The quantitative estimate of drug-likeness (QED) is 0.559. The van der Waals surface area contributed by atoms with Gasteiger partial charge in [-0.25, -0.2) is 0 Å². The van der Waals surface area contributed by atoms with Gasteiger partial charge in [0, 0.05) is 26.7 Å². The van der Waals surface area contributed by atoms with Gasteiger partial charge in [-0.2, -0.15) is 17.4 Å². The van der Waals surface area contributed by atoms with E-state index in [2.05, 4.69) is 4.72 Å². The lowest BCUT2D eigenvalue weighted by atomic mass is 10.00. The van der Waals surface area contributed by atoms with E-state index < -0.39 is 16.2 Å². The van der Waals surface area contributed by atoms with Crippen molar-refractivity contribution in [2.45, 2.75) is 6.42 Å². The van der Waals surface area contributed by atoms with E-state index >= 15 is 0 Å².